The zero-order chi connectivity index (χ0) is 31.6. The summed E-state index contributed by atoms with van der Waals surface area (Å²) in [5, 5.41) is 52.7. The minimum atomic E-state index is -3.76. The molecule has 0 saturated carbocycles. The molecule has 3 aromatic carbocycles. The molecule has 4 rings (SSSR count). The molecule has 1 heterocycles. The standard InChI is InChI=1S/C28H26N2O12S/c1-2-43(40,41)30-12-18(29-26(36)14-6-8-16(31)9-7-14)22(13-30)42-28(39)15-10-20(33)24(21(34)11-15)25(35)23-17(27(37)38)4-3-5-19(23)32/h3-11,18,22,31-34H,2,12-13H2,1H3,(H,29,36)(H,37,38)/t18-,22-/m0/s1. The lowest BCUT2D eigenvalue weighted by molar-refractivity contribution is 0.0275. The normalized spacial score (nSPS) is 16.9. The quantitative estimate of drug-likeness (QED) is 0.149. The van der Waals surface area contributed by atoms with Crippen molar-refractivity contribution in [1.82, 2.24) is 9.62 Å². The van der Waals surface area contributed by atoms with Gasteiger partial charge in [0.2, 0.25) is 15.8 Å². The lowest BCUT2D eigenvalue weighted by Gasteiger charge is -2.20. The molecule has 1 amide bonds. The molecule has 15 heteroatoms. The molecule has 1 fully saturated rings. The summed E-state index contributed by atoms with van der Waals surface area (Å²) in [5.41, 5.74) is -2.40. The second-order valence-corrected chi connectivity index (χ2v) is 11.8. The molecule has 0 unspecified atom stereocenters. The smallest absolute Gasteiger partial charge is 0.338 e. The van der Waals surface area contributed by atoms with Crippen LogP contribution in [0.2, 0.25) is 0 Å². The number of phenolic OH excluding ortho intramolecular Hbond substituents is 4. The van der Waals surface area contributed by atoms with Crippen molar-refractivity contribution in [3.8, 4) is 23.0 Å². The minimum Gasteiger partial charge on any atom is -0.508 e. The molecular weight excluding hydrogens is 588 g/mol. The largest absolute Gasteiger partial charge is 0.508 e. The van der Waals surface area contributed by atoms with Gasteiger partial charge >= 0.3 is 11.9 Å². The number of nitrogens with zero attached hydrogens (tertiary/aromatic N) is 1. The van der Waals surface area contributed by atoms with Crippen LogP contribution < -0.4 is 5.32 Å². The number of carboxylic acid groups (broad SMARTS) is 1. The summed E-state index contributed by atoms with van der Waals surface area (Å²) >= 11 is 0. The van der Waals surface area contributed by atoms with E-state index < -0.39 is 85.3 Å². The predicted octanol–water partition coefficient (Wildman–Crippen LogP) is 1.43. The van der Waals surface area contributed by atoms with Gasteiger partial charge in [-0.1, -0.05) is 6.07 Å². The molecule has 1 aliphatic rings. The first-order valence-corrected chi connectivity index (χ1v) is 14.3. The molecule has 0 aromatic heterocycles. The van der Waals surface area contributed by atoms with Crippen LogP contribution in [0.25, 0.3) is 0 Å². The Bertz CT molecular complexity index is 1700. The molecule has 0 spiro atoms. The van der Waals surface area contributed by atoms with Crippen molar-refractivity contribution >= 4 is 33.7 Å². The van der Waals surface area contributed by atoms with Gasteiger partial charge in [0.1, 0.15) is 34.7 Å². The third kappa shape index (κ3) is 6.37. The number of carboxylic acids is 1. The van der Waals surface area contributed by atoms with E-state index >= 15 is 0 Å². The van der Waals surface area contributed by atoms with Gasteiger partial charge in [-0.2, -0.15) is 4.31 Å². The number of nitrogens with one attached hydrogen (secondary N) is 1. The Hall–Kier alpha value is -5.15. The molecular formula is C28H26N2O12S. The van der Waals surface area contributed by atoms with Gasteiger partial charge in [-0.05, 0) is 55.5 Å². The highest BCUT2D eigenvalue weighted by Crippen LogP contribution is 2.35. The van der Waals surface area contributed by atoms with Gasteiger partial charge in [0.05, 0.1) is 35.0 Å². The number of esters is 1. The monoisotopic (exact) mass is 614 g/mol. The Kier molecular flexibility index (Phi) is 8.59. The average Bonchev–Trinajstić information content (AvgIpc) is 3.35. The summed E-state index contributed by atoms with van der Waals surface area (Å²) in [5.74, 6) is -7.50. The van der Waals surface area contributed by atoms with Gasteiger partial charge in [-0.25, -0.2) is 18.0 Å². The minimum absolute atomic E-state index is 0.0773. The Morgan fingerprint density at radius 1 is 0.884 bits per heavy atom. The number of sulfonamides is 1. The Balaban J connectivity index is 1.60. The van der Waals surface area contributed by atoms with E-state index in [2.05, 4.69) is 5.32 Å². The third-order valence-corrected chi connectivity index (χ3v) is 8.57. The maximum Gasteiger partial charge on any atom is 0.338 e. The van der Waals surface area contributed by atoms with Crippen LogP contribution in [-0.4, -0.2) is 92.9 Å². The summed E-state index contributed by atoms with van der Waals surface area (Å²) in [7, 11) is -3.76. The fraction of sp³-hybridized carbons (Fsp3) is 0.214. The number of carbonyl (C=O) groups excluding carboxylic acids is 3. The van der Waals surface area contributed by atoms with Crippen LogP contribution in [0.4, 0.5) is 0 Å². The van der Waals surface area contributed by atoms with Crippen LogP contribution in [0.5, 0.6) is 23.0 Å². The summed E-state index contributed by atoms with van der Waals surface area (Å²) in [6.07, 6.45) is -1.21. The third-order valence-electron chi connectivity index (χ3n) is 6.75. The van der Waals surface area contributed by atoms with E-state index in [0.717, 1.165) is 28.6 Å². The van der Waals surface area contributed by atoms with Crippen LogP contribution in [0.15, 0.2) is 54.6 Å². The van der Waals surface area contributed by atoms with Crippen molar-refractivity contribution in [2.24, 2.45) is 0 Å². The van der Waals surface area contributed by atoms with E-state index in [-0.39, 0.29) is 30.2 Å². The van der Waals surface area contributed by atoms with Crippen molar-refractivity contribution in [3.63, 3.8) is 0 Å². The first kappa shape index (κ1) is 30.8. The highest BCUT2D eigenvalue weighted by Gasteiger charge is 2.41. The fourth-order valence-corrected chi connectivity index (χ4v) is 5.65. The van der Waals surface area contributed by atoms with Gasteiger partial charge in [-0.15, -0.1) is 0 Å². The summed E-state index contributed by atoms with van der Waals surface area (Å²) < 4.78 is 31.6. The molecule has 0 radical (unpaired) electrons. The zero-order valence-corrected chi connectivity index (χ0v) is 23.2. The number of carbonyl (C=O) groups is 4. The molecule has 0 bridgehead atoms. The molecule has 6 N–H and O–H groups in total. The summed E-state index contributed by atoms with van der Waals surface area (Å²) in [6, 6.07) is 9.04. The topological polar surface area (TPSA) is 228 Å². The number of ether oxygens (including phenoxy) is 1. The van der Waals surface area contributed by atoms with E-state index in [1.54, 1.807) is 0 Å². The van der Waals surface area contributed by atoms with E-state index in [1.807, 2.05) is 0 Å². The van der Waals surface area contributed by atoms with Crippen LogP contribution in [-0.2, 0) is 14.8 Å². The lowest BCUT2D eigenvalue weighted by atomic mass is 9.95. The maximum atomic E-state index is 13.1. The number of ketones is 1. The summed E-state index contributed by atoms with van der Waals surface area (Å²) in [4.78, 5) is 50.5. The van der Waals surface area contributed by atoms with Crippen LogP contribution >= 0.6 is 0 Å². The van der Waals surface area contributed by atoms with Crippen molar-refractivity contribution in [3.05, 3.63) is 82.4 Å². The SMILES string of the molecule is CCS(=O)(=O)N1C[C@H](NC(=O)c2ccc(O)cc2)[C@@H](OC(=O)c2cc(O)c(C(=O)c3c(O)cccc3C(=O)O)c(O)c2)C1. The van der Waals surface area contributed by atoms with Gasteiger partial charge in [0.25, 0.3) is 5.91 Å². The molecule has 1 aliphatic heterocycles. The van der Waals surface area contributed by atoms with Gasteiger partial charge in [-0.3, -0.25) is 9.59 Å². The van der Waals surface area contributed by atoms with Crippen LogP contribution in [0, 0.1) is 0 Å². The number of rotatable bonds is 9. The molecule has 226 valence electrons. The Morgan fingerprint density at radius 3 is 2.09 bits per heavy atom. The van der Waals surface area contributed by atoms with Crippen molar-refractivity contribution in [1.29, 1.82) is 0 Å². The number of amides is 1. The number of aromatic hydroxyl groups is 4. The molecule has 2 atom stereocenters. The van der Waals surface area contributed by atoms with E-state index in [0.29, 0.717) is 0 Å². The van der Waals surface area contributed by atoms with Crippen molar-refractivity contribution < 1.29 is 57.9 Å². The first-order chi connectivity index (χ1) is 20.2. The number of benzene rings is 3. The lowest BCUT2D eigenvalue weighted by Crippen LogP contribution is -2.44. The van der Waals surface area contributed by atoms with E-state index in [9.17, 15) is 53.1 Å². The maximum absolute atomic E-state index is 13.1. The van der Waals surface area contributed by atoms with Gasteiger partial charge in [0, 0.05) is 12.1 Å². The second kappa shape index (κ2) is 12.0. The molecule has 0 aliphatic carbocycles. The number of hydrogen-bond donors (Lipinski definition) is 6. The van der Waals surface area contributed by atoms with Crippen molar-refractivity contribution in [2.45, 2.75) is 19.1 Å². The van der Waals surface area contributed by atoms with Crippen molar-refractivity contribution in [2.75, 3.05) is 18.8 Å². The highest BCUT2D eigenvalue weighted by atomic mass is 32.2. The number of phenols is 4. The van der Waals surface area contributed by atoms with Gasteiger partial charge < -0.3 is 35.6 Å². The zero-order valence-electron chi connectivity index (χ0n) is 22.4. The summed E-state index contributed by atoms with van der Waals surface area (Å²) in [6.45, 7) is 0.873. The first-order valence-electron chi connectivity index (χ1n) is 12.7. The Labute approximate surface area is 244 Å². The van der Waals surface area contributed by atoms with E-state index in [4.69, 9.17) is 4.74 Å². The fourth-order valence-electron chi connectivity index (χ4n) is 4.52. The van der Waals surface area contributed by atoms with Crippen LogP contribution in [0.3, 0.4) is 0 Å². The number of hydrogen-bond acceptors (Lipinski definition) is 11. The number of aromatic carboxylic acids is 1. The molecule has 1 saturated heterocycles. The van der Waals surface area contributed by atoms with E-state index in [1.165, 1.54) is 37.3 Å². The molecule has 3 aromatic rings. The predicted molar refractivity (Wildman–Crippen MR) is 148 cm³/mol. The second-order valence-electron chi connectivity index (χ2n) is 9.51. The highest BCUT2D eigenvalue weighted by molar-refractivity contribution is 7.89. The average molecular weight is 615 g/mol. The molecule has 43 heavy (non-hydrogen) atoms. The van der Waals surface area contributed by atoms with Gasteiger partial charge in [0.15, 0.2) is 0 Å². The molecule has 14 nitrogen and oxygen atoms in total. The Morgan fingerprint density at radius 2 is 1.51 bits per heavy atom. The van der Waals surface area contributed by atoms with Crippen LogP contribution in [0.1, 0.15) is 53.9 Å².